The molecule has 3 aromatic rings. The van der Waals surface area contributed by atoms with Crippen molar-refractivity contribution < 1.29 is 13.6 Å². The summed E-state index contributed by atoms with van der Waals surface area (Å²) in [6, 6.07) is 5.04. The number of amides is 1. The molecular formula is C24H28F2N6OS. The van der Waals surface area contributed by atoms with Crippen LogP contribution in [0.2, 0.25) is 0 Å². The summed E-state index contributed by atoms with van der Waals surface area (Å²) >= 11 is 1.08. The molecule has 3 N–H and O–H groups in total. The number of carbonyl (C=O) groups is 1. The second-order valence-electron chi connectivity index (χ2n) is 9.28. The Morgan fingerprint density at radius 1 is 1.24 bits per heavy atom. The number of nitrogens with zero attached hydrogens (tertiary/aromatic N) is 4. The third kappa shape index (κ3) is 4.38. The minimum atomic E-state index is -0.837. The second-order valence-corrected chi connectivity index (χ2v) is 10.3. The van der Waals surface area contributed by atoms with E-state index in [0.29, 0.717) is 41.8 Å². The number of nitrogens with one attached hydrogen (secondary N) is 1. The van der Waals surface area contributed by atoms with Gasteiger partial charge in [-0.2, -0.15) is 5.10 Å². The molecule has 2 unspecified atom stereocenters. The fraction of sp³-hybridized carbons (Fsp3) is 0.458. The van der Waals surface area contributed by atoms with Crippen molar-refractivity contribution in [3.63, 3.8) is 0 Å². The highest BCUT2D eigenvalue weighted by Gasteiger charge is 2.33. The van der Waals surface area contributed by atoms with Gasteiger partial charge in [-0.1, -0.05) is 29.9 Å². The van der Waals surface area contributed by atoms with Crippen LogP contribution in [0.15, 0.2) is 24.4 Å². The van der Waals surface area contributed by atoms with E-state index in [9.17, 15) is 13.6 Å². The van der Waals surface area contributed by atoms with Crippen molar-refractivity contribution in [2.45, 2.75) is 51.7 Å². The van der Waals surface area contributed by atoms with E-state index in [4.69, 9.17) is 5.73 Å². The molecule has 1 saturated carbocycles. The van der Waals surface area contributed by atoms with Gasteiger partial charge >= 0.3 is 0 Å². The number of nitrogen functional groups attached to an aromatic ring is 1. The SMILES string of the molecule is Cc1ccc(F)c(-c2nc(C(=O)Nc3cnn(C4CC4)c3N3CCC(C)C(F)CC3)c(N)s2)c1. The van der Waals surface area contributed by atoms with Crippen LogP contribution in [0.5, 0.6) is 0 Å². The predicted octanol–water partition coefficient (Wildman–Crippen LogP) is 5.20. The van der Waals surface area contributed by atoms with Crippen LogP contribution in [0.25, 0.3) is 10.6 Å². The first-order valence-electron chi connectivity index (χ1n) is 11.6. The normalized spacial score (nSPS) is 20.9. The summed E-state index contributed by atoms with van der Waals surface area (Å²) in [5.41, 5.74) is 7.93. The van der Waals surface area contributed by atoms with Crippen molar-refractivity contribution >= 4 is 33.8 Å². The first-order valence-corrected chi connectivity index (χ1v) is 12.4. The molecule has 3 heterocycles. The monoisotopic (exact) mass is 486 g/mol. The Labute approximate surface area is 201 Å². The summed E-state index contributed by atoms with van der Waals surface area (Å²) in [5.74, 6) is -0.0939. The van der Waals surface area contributed by atoms with Crippen molar-refractivity contribution in [2.24, 2.45) is 5.92 Å². The number of nitrogens with two attached hydrogens (primary N) is 1. The van der Waals surface area contributed by atoms with Crippen LogP contribution in [0.3, 0.4) is 0 Å². The Hall–Kier alpha value is -3.01. The van der Waals surface area contributed by atoms with E-state index in [1.165, 1.54) is 6.07 Å². The van der Waals surface area contributed by atoms with Crippen molar-refractivity contribution in [3.05, 3.63) is 41.5 Å². The Kier molecular flexibility index (Phi) is 6.01. The molecule has 5 rings (SSSR count). The third-order valence-electron chi connectivity index (χ3n) is 6.58. The van der Waals surface area contributed by atoms with Crippen LogP contribution in [-0.2, 0) is 0 Å². The molecule has 34 heavy (non-hydrogen) atoms. The zero-order valence-corrected chi connectivity index (χ0v) is 20.0. The molecule has 2 atom stereocenters. The van der Waals surface area contributed by atoms with Gasteiger partial charge in [-0.05, 0) is 50.7 Å². The van der Waals surface area contributed by atoms with Gasteiger partial charge in [0, 0.05) is 18.7 Å². The fourth-order valence-corrected chi connectivity index (χ4v) is 5.21. The summed E-state index contributed by atoms with van der Waals surface area (Å²) in [4.78, 5) is 19.7. The van der Waals surface area contributed by atoms with E-state index < -0.39 is 17.9 Å². The number of alkyl halides is 1. The summed E-state index contributed by atoms with van der Waals surface area (Å²) in [5, 5.41) is 8.02. The van der Waals surface area contributed by atoms with Crippen molar-refractivity contribution in [3.8, 4) is 10.6 Å². The van der Waals surface area contributed by atoms with Crippen molar-refractivity contribution in [1.29, 1.82) is 0 Å². The molecule has 2 aromatic heterocycles. The Morgan fingerprint density at radius 2 is 2.00 bits per heavy atom. The van der Waals surface area contributed by atoms with Gasteiger partial charge in [0.25, 0.3) is 5.91 Å². The Bertz CT molecular complexity index is 1210. The number of aromatic nitrogens is 3. The van der Waals surface area contributed by atoms with Gasteiger partial charge in [0.2, 0.25) is 0 Å². The highest BCUT2D eigenvalue weighted by atomic mass is 32.1. The standard InChI is InChI=1S/C24H28F2N6OS/c1-13-3-6-18(26)16(11-13)23-30-20(21(27)34-23)22(33)29-19-12-28-32(15-4-5-15)24(19)31-9-7-14(2)17(25)8-10-31/h3,6,11-12,14-15,17H,4-5,7-10,27H2,1-2H3,(H,29,33). The lowest BCUT2D eigenvalue weighted by molar-refractivity contribution is 0.102. The molecular weight excluding hydrogens is 458 g/mol. The lowest BCUT2D eigenvalue weighted by Crippen LogP contribution is -2.28. The molecule has 2 fully saturated rings. The molecule has 180 valence electrons. The van der Waals surface area contributed by atoms with E-state index in [1.807, 2.05) is 18.5 Å². The molecule has 7 nitrogen and oxygen atoms in total. The molecule has 0 radical (unpaired) electrons. The number of aryl methyl sites for hydroxylation is 1. The maximum absolute atomic E-state index is 14.4. The van der Waals surface area contributed by atoms with Crippen LogP contribution in [0.1, 0.15) is 54.7 Å². The zero-order valence-electron chi connectivity index (χ0n) is 19.2. The number of hydrogen-bond donors (Lipinski definition) is 2. The molecule has 1 saturated heterocycles. The molecule has 10 heteroatoms. The third-order valence-corrected chi connectivity index (χ3v) is 7.49. The highest BCUT2D eigenvalue weighted by Crippen LogP contribution is 2.41. The van der Waals surface area contributed by atoms with Gasteiger partial charge in [-0.3, -0.25) is 4.79 Å². The zero-order chi connectivity index (χ0) is 24.0. The number of hydrogen-bond acceptors (Lipinski definition) is 6. The van der Waals surface area contributed by atoms with Gasteiger partial charge in [0.15, 0.2) is 11.5 Å². The molecule has 2 aliphatic rings. The predicted molar refractivity (Wildman–Crippen MR) is 131 cm³/mol. The second kappa shape index (κ2) is 8.98. The van der Waals surface area contributed by atoms with E-state index in [-0.39, 0.29) is 16.6 Å². The highest BCUT2D eigenvalue weighted by molar-refractivity contribution is 7.19. The van der Waals surface area contributed by atoms with E-state index >= 15 is 0 Å². The average Bonchev–Trinajstić information content (AvgIpc) is 3.50. The van der Waals surface area contributed by atoms with Crippen LogP contribution < -0.4 is 16.0 Å². The van der Waals surface area contributed by atoms with Crippen molar-refractivity contribution in [1.82, 2.24) is 14.8 Å². The molecule has 1 amide bonds. The van der Waals surface area contributed by atoms with Crippen molar-refractivity contribution in [2.75, 3.05) is 29.0 Å². The van der Waals surface area contributed by atoms with E-state index in [2.05, 4.69) is 20.3 Å². The fourth-order valence-electron chi connectivity index (χ4n) is 4.37. The Balaban J connectivity index is 1.42. The maximum atomic E-state index is 14.4. The lowest BCUT2D eigenvalue weighted by Gasteiger charge is -2.25. The first-order chi connectivity index (χ1) is 16.3. The van der Waals surface area contributed by atoms with Gasteiger partial charge in [0.05, 0.1) is 12.2 Å². The quantitative estimate of drug-likeness (QED) is 0.518. The van der Waals surface area contributed by atoms with Crippen LogP contribution in [0.4, 0.5) is 25.3 Å². The summed E-state index contributed by atoms with van der Waals surface area (Å²) in [6.45, 7) is 5.05. The van der Waals surface area contributed by atoms with Crippen LogP contribution in [0, 0.1) is 18.7 Å². The largest absolute Gasteiger partial charge is 0.389 e. The van der Waals surface area contributed by atoms with E-state index in [0.717, 1.165) is 42.0 Å². The summed E-state index contributed by atoms with van der Waals surface area (Å²) in [6.07, 6.45) is 4.03. The lowest BCUT2D eigenvalue weighted by atomic mass is 10.0. The number of thiazole rings is 1. The van der Waals surface area contributed by atoms with Crippen LogP contribution in [-0.4, -0.2) is 39.9 Å². The number of anilines is 3. The number of benzene rings is 1. The maximum Gasteiger partial charge on any atom is 0.277 e. The summed E-state index contributed by atoms with van der Waals surface area (Å²) in [7, 11) is 0. The van der Waals surface area contributed by atoms with Gasteiger partial charge in [0.1, 0.15) is 27.7 Å². The topological polar surface area (TPSA) is 89.1 Å². The minimum Gasteiger partial charge on any atom is -0.389 e. The number of halogens is 2. The van der Waals surface area contributed by atoms with E-state index in [1.54, 1.807) is 18.3 Å². The molecule has 1 aliphatic carbocycles. The minimum absolute atomic E-state index is 0.00409. The van der Waals surface area contributed by atoms with Crippen LogP contribution >= 0.6 is 11.3 Å². The smallest absolute Gasteiger partial charge is 0.277 e. The first kappa shape index (κ1) is 22.8. The molecule has 0 spiro atoms. The Morgan fingerprint density at radius 3 is 2.76 bits per heavy atom. The van der Waals surface area contributed by atoms with Gasteiger partial charge in [-0.15, -0.1) is 0 Å². The van der Waals surface area contributed by atoms with Gasteiger partial charge in [-0.25, -0.2) is 18.4 Å². The summed E-state index contributed by atoms with van der Waals surface area (Å²) < 4.78 is 30.6. The number of carbonyl (C=O) groups excluding carboxylic acids is 1. The average molecular weight is 487 g/mol. The molecule has 0 bridgehead atoms. The number of rotatable bonds is 5. The molecule has 1 aromatic carbocycles. The van der Waals surface area contributed by atoms with Gasteiger partial charge < -0.3 is 16.0 Å². The molecule has 1 aliphatic heterocycles.